The molecule has 0 aliphatic heterocycles. The lowest BCUT2D eigenvalue weighted by Gasteiger charge is -2.08. The lowest BCUT2D eigenvalue weighted by Crippen LogP contribution is -2.21. The molecular formula is C11H15BrN2O2S. The van der Waals surface area contributed by atoms with Crippen molar-refractivity contribution in [2.75, 3.05) is 5.75 Å². The molecule has 0 aromatic heterocycles. The number of thioether (sulfide) groups is 1. The van der Waals surface area contributed by atoms with Crippen molar-refractivity contribution >= 4 is 33.4 Å². The molecule has 2 N–H and O–H groups in total. The SMILES string of the molecule is CCC(N)CSCc1ccc(Br)cc1[N+](=O)[O-]. The predicted molar refractivity (Wildman–Crippen MR) is 75.2 cm³/mol. The quantitative estimate of drug-likeness (QED) is 0.645. The molecule has 0 aliphatic carbocycles. The van der Waals surface area contributed by atoms with Crippen molar-refractivity contribution < 1.29 is 4.92 Å². The third-order valence-corrected chi connectivity index (χ3v) is 4.03. The smallest absolute Gasteiger partial charge is 0.274 e. The van der Waals surface area contributed by atoms with Gasteiger partial charge >= 0.3 is 0 Å². The molecule has 1 rings (SSSR count). The fraction of sp³-hybridized carbons (Fsp3) is 0.455. The Hall–Kier alpha value is -0.590. The first-order valence-electron chi connectivity index (χ1n) is 5.30. The molecule has 94 valence electrons. The number of nitro groups is 1. The van der Waals surface area contributed by atoms with Crippen LogP contribution in [0.5, 0.6) is 0 Å². The van der Waals surface area contributed by atoms with Crippen molar-refractivity contribution in [1.82, 2.24) is 0 Å². The Labute approximate surface area is 113 Å². The number of nitrogens with two attached hydrogens (primary N) is 1. The van der Waals surface area contributed by atoms with Crippen molar-refractivity contribution in [3.05, 3.63) is 38.3 Å². The largest absolute Gasteiger partial charge is 0.327 e. The zero-order chi connectivity index (χ0) is 12.8. The van der Waals surface area contributed by atoms with E-state index in [0.717, 1.165) is 22.2 Å². The van der Waals surface area contributed by atoms with Gasteiger partial charge in [-0.25, -0.2) is 0 Å². The zero-order valence-corrected chi connectivity index (χ0v) is 12.0. The van der Waals surface area contributed by atoms with E-state index in [9.17, 15) is 10.1 Å². The van der Waals surface area contributed by atoms with Crippen molar-refractivity contribution in [3.63, 3.8) is 0 Å². The molecular weight excluding hydrogens is 304 g/mol. The monoisotopic (exact) mass is 318 g/mol. The summed E-state index contributed by atoms with van der Waals surface area (Å²) in [6.07, 6.45) is 0.926. The van der Waals surface area contributed by atoms with Gasteiger partial charge in [-0.3, -0.25) is 10.1 Å². The molecule has 0 fully saturated rings. The Bertz CT molecular complexity index is 401. The van der Waals surface area contributed by atoms with Crippen LogP contribution in [0.3, 0.4) is 0 Å². The molecule has 1 aromatic rings. The van der Waals surface area contributed by atoms with Gasteiger partial charge in [0, 0.05) is 33.7 Å². The van der Waals surface area contributed by atoms with Crippen LogP contribution in [0.1, 0.15) is 18.9 Å². The predicted octanol–water partition coefficient (Wildman–Crippen LogP) is 3.33. The van der Waals surface area contributed by atoms with Gasteiger partial charge < -0.3 is 5.73 Å². The minimum absolute atomic E-state index is 0.162. The second kappa shape index (κ2) is 6.98. The summed E-state index contributed by atoms with van der Waals surface area (Å²) in [7, 11) is 0. The summed E-state index contributed by atoms with van der Waals surface area (Å²) in [5, 5.41) is 10.9. The van der Waals surface area contributed by atoms with Crippen molar-refractivity contribution in [2.45, 2.75) is 25.1 Å². The van der Waals surface area contributed by atoms with Crippen LogP contribution >= 0.6 is 27.7 Å². The molecule has 0 saturated heterocycles. The number of rotatable bonds is 6. The molecule has 4 nitrogen and oxygen atoms in total. The summed E-state index contributed by atoms with van der Waals surface area (Å²) in [6.45, 7) is 2.04. The summed E-state index contributed by atoms with van der Waals surface area (Å²) in [4.78, 5) is 10.5. The van der Waals surface area contributed by atoms with Crippen LogP contribution in [-0.2, 0) is 5.75 Å². The lowest BCUT2D eigenvalue weighted by atomic mass is 10.2. The van der Waals surface area contributed by atoms with Crippen LogP contribution in [0.2, 0.25) is 0 Å². The van der Waals surface area contributed by atoms with Crippen LogP contribution in [0.15, 0.2) is 22.7 Å². The van der Waals surface area contributed by atoms with Gasteiger partial charge in [-0.2, -0.15) is 11.8 Å². The van der Waals surface area contributed by atoms with Gasteiger partial charge in [0.15, 0.2) is 0 Å². The fourth-order valence-corrected chi connectivity index (χ4v) is 2.74. The Morgan fingerprint density at radius 1 is 1.59 bits per heavy atom. The summed E-state index contributed by atoms with van der Waals surface area (Å²) in [6, 6.07) is 5.31. The van der Waals surface area contributed by atoms with Gasteiger partial charge in [-0.1, -0.05) is 28.9 Å². The normalized spacial score (nSPS) is 12.4. The van der Waals surface area contributed by atoms with Crippen LogP contribution in [0.25, 0.3) is 0 Å². The Kier molecular flexibility index (Phi) is 5.94. The third kappa shape index (κ3) is 4.65. The van der Waals surface area contributed by atoms with Crippen LogP contribution in [0.4, 0.5) is 5.69 Å². The minimum Gasteiger partial charge on any atom is -0.327 e. The Balaban J connectivity index is 2.67. The maximum absolute atomic E-state index is 10.9. The Morgan fingerprint density at radius 2 is 2.29 bits per heavy atom. The average molecular weight is 319 g/mol. The van der Waals surface area contributed by atoms with Crippen LogP contribution in [-0.4, -0.2) is 16.7 Å². The highest BCUT2D eigenvalue weighted by molar-refractivity contribution is 9.10. The highest BCUT2D eigenvalue weighted by Crippen LogP contribution is 2.27. The number of nitrogens with zero attached hydrogens (tertiary/aromatic N) is 1. The van der Waals surface area contributed by atoms with Crippen molar-refractivity contribution in [1.29, 1.82) is 0 Å². The fourth-order valence-electron chi connectivity index (χ4n) is 1.27. The lowest BCUT2D eigenvalue weighted by molar-refractivity contribution is -0.385. The van der Waals surface area contributed by atoms with Gasteiger partial charge in [-0.15, -0.1) is 0 Å². The average Bonchev–Trinajstić information content (AvgIpc) is 2.30. The summed E-state index contributed by atoms with van der Waals surface area (Å²) in [5.41, 5.74) is 6.70. The second-order valence-electron chi connectivity index (χ2n) is 3.71. The van der Waals surface area contributed by atoms with Crippen molar-refractivity contribution in [3.8, 4) is 0 Å². The van der Waals surface area contributed by atoms with E-state index >= 15 is 0 Å². The van der Waals surface area contributed by atoms with Crippen molar-refractivity contribution in [2.24, 2.45) is 5.73 Å². The molecule has 6 heteroatoms. The highest BCUT2D eigenvalue weighted by atomic mass is 79.9. The molecule has 0 radical (unpaired) electrons. The first-order chi connectivity index (χ1) is 8.04. The molecule has 1 unspecified atom stereocenters. The molecule has 17 heavy (non-hydrogen) atoms. The first kappa shape index (κ1) is 14.5. The minimum atomic E-state index is -0.347. The second-order valence-corrected chi connectivity index (χ2v) is 5.66. The summed E-state index contributed by atoms with van der Waals surface area (Å²) >= 11 is 4.87. The molecule has 0 spiro atoms. The topological polar surface area (TPSA) is 69.2 Å². The molecule has 0 saturated carbocycles. The standard InChI is InChI=1S/C11H15BrN2O2S/c1-2-10(13)7-17-6-8-3-4-9(12)5-11(8)14(15)16/h3-5,10H,2,6-7,13H2,1H3. The number of nitro benzene ring substituents is 1. The maximum Gasteiger partial charge on any atom is 0.274 e. The molecule has 0 amide bonds. The van der Waals surface area contributed by atoms with Gasteiger partial charge in [-0.05, 0) is 12.5 Å². The molecule has 0 bridgehead atoms. The van der Waals surface area contributed by atoms with E-state index in [2.05, 4.69) is 15.9 Å². The van der Waals surface area contributed by atoms with E-state index < -0.39 is 0 Å². The highest BCUT2D eigenvalue weighted by Gasteiger charge is 2.14. The van der Waals surface area contributed by atoms with E-state index in [1.807, 2.05) is 13.0 Å². The van der Waals surface area contributed by atoms with E-state index in [-0.39, 0.29) is 16.7 Å². The van der Waals surface area contributed by atoms with Gasteiger partial charge in [0.25, 0.3) is 5.69 Å². The van der Waals surface area contributed by atoms with Crippen LogP contribution < -0.4 is 5.73 Å². The summed E-state index contributed by atoms with van der Waals surface area (Å²) < 4.78 is 0.725. The maximum atomic E-state index is 10.9. The van der Waals surface area contributed by atoms with E-state index in [0.29, 0.717) is 5.75 Å². The molecule has 0 heterocycles. The van der Waals surface area contributed by atoms with Gasteiger partial charge in [0.05, 0.1) is 4.92 Å². The number of hydrogen-bond acceptors (Lipinski definition) is 4. The first-order valence-corrected chi connectivity index (χ1v) is 7.25. The Morgan fingerprint density at radius 3 is 2.88 bits per heavy atom. The molecule has 1 aromatic carbocycles. The van der Waals surface area contributed by atoms with E-state index in [1.54, 1.807) is 17.8 Å². The summed E-state index contributed by atoms with van der Waals surface area (Å²) in [5.74, 6) is 1.45. The molecule has 0 aliphatic rings. The van der Waals surface area contributed by atoms with E-state index in [4.69, 9.17) is 5.73 Å². The number of hydrogen-bond donors (Lipinski definition) is 1. The van der Waals surface area contributed by atoms with Crippen LogP contribution in [0, 0.1) is 10.1 Å². The molecule has 1 atom stereocenters. The third-order valence-electron chi connectivity index (χ3n) is 2.36. The number of halogens is 1. The van der Waals surface area contributed by atoms with Gasteiger partial charge in [0.1, 0.15) is 0 Å². The number of benzene rings is 1. The van der Waals surface area contributed by atoms with Gasteiger partial charge in [0.2, 0.25) is 0 Å². The van der Waals surface area contributed by atoms with E-state index in [1.165, 1.54) is 6.07 Å². The zero-order valence-electron chi connectivity index (χ0n) is 9.56.